The molecule has 2 fully saturated rings. The molecular weight excluding hydrogens is 302 g/mol. The van der Waals surface area contributed by atoms with E-state index in [1.807, 2.05) is 43.0 Å². The van der Waals surface area contributed by atoms with Crippen molar-refractivity contribution >= 4 is 0 Å². The Morgan fingerprint density at radius 2 is 2.00 bits per heavy atom. The van der Waals surface area contributed by atoms with Gasteiger partial charge in [0, 0.05) is 43.9 Å². The molecule has 24 heavy (non-hydrogen) atoms. The van der Waals surface area contributed by atoms with E-state index < -0.39 is 0 Å². The molecule has 126 valence electrons. The average Bonchev–Trinajstić information content (AvgIpc) is 3.06. The van der Waals surface area contributed by atoms with E-state index >= 15 is 0 Å². The number of nitrogens with zero attached hydrogens (tertiary/aromatic N) is 3. The Morgan fingerprint density at radius 3 is 2.83 bits per heavy atom. The summed E-state index contributed by atoms with van der Waals surface area (Å²) < 4.78 is 12.2. The van der Waals surface area contributed by atoms with E-state index in [1.54, 1.807) is 0 Å². The first kappa shape index (κ1) is 15.7. The molecule has 2 aromatic heterocycles. The van der Waals surface area contributed by atoms with Gasteiger partial charge in [0.05, 0.1) is 25.4 Å². The first-order chi connectivity index (χ1) is 11.9. The Hall–Kier alpha value is -1.82. The van der Waals surface area contributed by atoms with Crippen LogP contribution in [-0.4, -0.2) is 46.3 Å². The topological polar surface area (TPSA) is 47.5 Å². The Labute approximate surface area is 142 Å². The predicted octanol–water partition coefficient (Wildman–Crippen LogP) is 2.43. The van der Waals surface area contributed by atoms with Crippen LogP contribution in [0, 0.1) is 0 Å². The summed E-state index contributed by atoms with van der Waals surface area (Å²) in [5.74, 6) is 0. The van der Waals surface area contributed by atoms with Crippen molar-refractivity contribution in [3.8, 4) is 0 Å². The van der Waals surface area contributed by atoms with Gasteiger partial charge < -0.3 is 9.47 Å². The average molecular weight is 325 g/mol. The summed E-state index contributed by atoms with van der Waals surface area (Å²) in [5.41, 5.74) is 2.43. The summed E-state index contributed by atoms with van der Waals surface area (Å²) in [6.45, 7) is 3.32. The highest BCUT2D eigenvalue weighted by Gasteiger charge is 2.43. The second-order valence-electron chi connectivity index (χ2n) is 6.52. The standard InChI is InChI=1S/C19H23N3O2/c1-2-16(12-21-7-1)13-22-10-11-23-19-17(22)3-4-18(19)24-14-15-5-8-20-9-6-15/h1-2,5-9,12,17-19H,3-4,10-11,13-14H2/t17-,18-,19+/m1/s1. The molecule has 2 aliphatic rings. The van der Waals surface area contributed by atoms with Crippen molar-refractivity contribution in [1.82, 2.24) is 14.9 Å². The first-order valence-corrected chi connectivity index (χ1v) is 8.65. The number of pyridine rings is 2. The molecule has 0 N–H and O–H groups in total. The summed E-state index contributed by atoms with van der Waals surface area (Å²) in [4.78, 5) is 10.8. The molecule has 5 heteroatoms. The Bertz CT molecular complexity index is 638. The van der Waals surface area contributed by atoms with Crippen LogP contribution in [0.5, 0.6) is 0 Å². The van der Waals surface area contributed by atoms with Crippen molar-refractivity contribution in [2.75, 3.05) is 13.2 Å². The lowest BCUT2D eigenvalue weighted by Crippen LogP contribution is -2.51. The fourth-order valence-electron chi connectivity index (χ4n) is 3.77. The third-order valence-corrected chi connectivity index (χ3v) is 4.97. The van der Waals surface area contributed by atoms with Gasteiger partial charge in [0.1, 0.15) is 0 Å². The van der Waals surface area contributed by atoms with Crippen molar-refractivity contribution in [3.63, 3.8) is 0 Å². The highest BCUT2D eigenvalue weighted by atomic mass is 16.5. The molecule has 0 bridgehead atoms. The molecule has 0 unspecified atom stereocenters. The zero-order valence-electron chi connectivity index (χ0n) is 13.8. The molecular formula is C19H23N3O2. The van der Waals surface area contributed by atoms with Gasteiger partial charge in [-0.25, -0.2) is 0 Å². The van der Waals surface area contributed by atoms with Crippen molar-refractivity contribution in [2.24, 2.45) is 0 Å². The molecule has 1 aliphatic carbocycles. The van der Waals surface area contributed by atoms with Gasteiger partial charge >= 0.3 is 0 Å². The monoisotopic (exact) mass is 325 g/mol. The van der Waals surface area contributed by atoms with Gasteiger partial charge in [-0.15, -0.1) is 0 Å². The number of ether oxygens (including phenoxy) is 2. The van der Waals surface area contributed by atoms with Crippen LogP contribution in [-0.2, 0) is 22.6 Å². The van der Waals surface area contributed by atoms with Crippen LogP contribution in [0.3, 0.4) is 0 Å². The second-order valence-corrected chi connectivity index (χ2v) is 6.52. The van der Waals surface area contributed by atoms with Gasteiger partial charge in [-0.1, -0.05) is 6.07 Å². The van der Waals surface area contributed by atoms with Crippen molar-refractivity contribution in [1.29, 1.82) is 0 Å². The minimum atomic E-state index is 0.178. The first-order valence-electron chi connectivity index (χ1n) is 8.65. The third kappa shape index (κ3) is 3.48. The highest BCUT2D eigenvalue weighted by molar-refractivity contribution is 5.10. The summed E-state index contributed by atoms with van der Waals surface area (Å²) >= 11 is 0. The number of hydrogen-bond donors (Lipinski definition) is 0. The lowest BCUT2D eigenvalue weighted by Gasteiger charge is -2.39. The Balaban J connectivity index is 1.37. The quantitative estimate of drug-likeness (QED) is 0.845. The molecule has 1 saturated carbocycles. The minimum absolute atomic E-state index is 0.178. The molecule has 2 aromatic rings. The van der Waals surface area contributed by atoms with Crippen molar-refractivity contribution in [3.05, 3.63) is 60.2 Å². The summed E-state index contributed by atoms with van der Waals surface area (Å²) in [6, 6.07) is 8.60. The number of fused-ring (bicyclic) bond motifs is 1. The zero-order valence-corrected chi connectivity index (χ0v) is 13.8. The van der Waals surface area contributed by atoms with Crippen LogP contribution in [0.1, 0.15) is 24.0 Å². The molecule has 0 aromatic carbocycles. The van der Waals surface area contributed by atoms with E-state index in [0.717, 1.165) is 38.1 Å². The molecule has 0 radical (unpaired) electrons. The number of rotatable bonds is 5. The predicted molar refractivity (Wildman–Crippen MR) is 90.2 cm³/mol. The van der Waals surface area contributed by atoms with E-state index in [4.69, 9.17) is 9.47 Å². The molecule has 4 rings (SSSR count). The van der Waals surface area contributed by atoms with Crippen LogP contribution >= 0.6 is 0 Å². The summed E-state index contributed by atoms with van der Waals surface area (Å²) in [7, 11) is 0. The number of morpholine rings is 1. The van der Waals surface area contributed by atoms with Crippen molar-refractivity contribution < 1.29 is 9.47 Å². The van der Waals surface area contributed by atoms with E-state index in [1.165, 1.54) is 5.56 Å². The normalized spacial score (nSPS) is 27.1. The Morgan fingerprint density at radius 1 is 1.08 bits per heavy atom. The van der Waals surface area contributed by atoms with E-state index in [-0.39, 0.29) is 12.2 Å². The van der Waals surface area contributed by atoms with Crippen LogP contribution < -0.4 is 0 Å². The fraction of sp³-hybridized carbons (Fsp3) is 0.474. The number of hydrogen-bond acceptors (Lipinski definition) is 5. The maximum Gasteiger partial charge on any atom is 0.0992 e. The molecule has 3 atom stereocenters. The van der Waals surface area contributed by atoms with Crippen LogP contribution in [0.2, 0.25) is 0 Å². The summed E-state index contributed by atoms with van der Waals surface area (Å²) in [5, 5.41) is 0. The minimum Gasteiger partial charge on any atom is -0.373 e. The van der Waals surface area contributed by atoms with E-state index in [9.17, 15) is 0 Å². The lowest BCUT2D eigenvalue weighted by atomic mass is 10.1. The SMILES string of the molecule is c1cncc(CN2CCO[C@H]3[C@H]2CC[C@H]3OCc2ccncc2)c1. The zero-order chi connectivity index (χ0) is 16.2. The highest BCUT2D eigenvalue weighted by Crippen LogP contribution is 2.33. The van der Waals surface area contributed by atoms with Gasteiger partial charge in [0.25, 0.3) is 0 Å². The molecule has 0 spiro atoms. The molecule has 5 nitrogen and oxygen atoms in total. The van der Waals surface area contributed by atoms with Crippen LogP contribution in [0.15, 0.2) is 49.1 Å². The van der Waals surface area contributed by atoms with Gasteiger partial charge in [-0.2, -0.15) is 0 Å². The molecule has 1 saturated heterocycles. The van der Waals surface area contributed by atoms with Gasteiger partial charge in [-0.05, 0) is 42.2 Å². The van der Waals surface area contributed by atoms with Crippen molar-refractivity contribution in [2.45, 2.75) is 44.2 Å². The molecule has 1 aliphatic heterocycles. The smallest absolute Gasteiger partial charge is 0.0992 e. The molecule has 0 amide bonds. The largest absolute Gasteiger partial charge is 0.373 e. The van der Waals surface area contributed by atoms with E-state index in [2.05, 4.69) is 20.9 Å². The molecule has 3 heterocycles. The Kier molecular flexibility index (Phi) is 4.83. The van der Waals surface area contributed by atoms with Crippen LogP contribution in [0.25, 0.3) is 0 Å². The number of aromatic nitrogens is 2. The third-order valence-electron chi connectivity index (χ3n) is 4.97. The second kappa shape index (κ2) is 7.38. The van der Waals surface area contributed by atoms with Gasteiger partial charge in [-0.3, -0.25) is 14.9 Å². The maximum atomic E-state index is 6.17. The van der Waals surface area contributed by atoms with E-state index in [0.29, 0.717) is 12.6 Å². The van der Waals surface area contributed by atoms with Gasteiger partial charge in [0.15, 0.2) is 0 Å². The fourth-order valence-corrected chi connectivity index (χ4v) is 3.77. The lowest BCUT2D eigenvalue weighted by molar-refractivity contribution is -0.118. The van der Waals surface area contributed by atoms with Crippen LogP contribution in [0.4, 0.5) is 0 Å². The maximum absolute atomic E-state index is 6.17. The van der Waals surface area contributed by atoms with Gasteiger partial charge in [0.2, 0.25) is 0 Å². The summed E-state index contributed by atoms with van der Waals surface area (Å²) in [6.07, 6.45) is 9.94.